The molecule has 0 saturated carbocycles. The molecule has 0 heterocycles. The average molecular weight is 231 g/mol. The van der Waals surface area contributed by atoms with Gasteiger partial charge in [-0.2, -0.15) is 0 Å². The van der Waals surface area contributed by atoms with Crippen molar-refractivity contribution < 1.29 is 8.85 Å². The summed E-state index contributed by atoms with van der Waals surface area (Å²) in [7, 11) is -1.84. The third-order valence-electron chi connectivity index (χ3n) is 2.37. The number of unbranched alkanes of at least 4 members (excludes halogenated alkanes) is 1. The highest BCUT2D eigenvalue weighted by Gasteiger charge is 2.29. The Morgan fingerprint density at radius 3 is 2.07 bits per heavy atom. The van der Waals surface area contributed by atoms with Gasteiger partial charge in [-0.1, -0.05) is 26.7 Å². The molecule has 0 aliphatic heterocycles. The smallest absolute Gasteiger partial charge is 0.334 e. The maximum absolute atomic E-state index is 5.78. The van der Waals surface area contributed by atoms with Gasteiger partial charge in [-0.15, -0.1) is 0 Å². The zero-order valence-corrected chi connectivity index (χ0v) is 12.0. The van der Waals surface area contributed by atoms with E-state index in [0.29, 0.717) is 5.92 Å². The minimum Gasteiger partial charge on any atom is -0.395 e. The molecule has 0 unspecified atom stereocenters. The number of hydrogen-bond donors (Lipinski definition) is 0. The van der Waals surface area contributed by atoms with Crippen molar-refractivity contribution >= 4 is 8.56 Å². The van der Waals surface area contributed by atoms with Crippen LogP contribution >= 0.6 is 0 Å². The molecule has 0 atom stereocenters. The summed E-state index contributed by atoms with van der Waals surface area (Å²) in [6, 6.07) is 1.11. The molecule has 15 heavy (non-hydrogen) atoms. The second-order valence-electron chi connectivity index (χ2n) is 4.37. The van der Waals surface area contributed by atoms with Crippen molar-refractivity contribution in [3.8, 4) is 0 Å². The van der Waals surface area contributed by atoms with Gasteiger partial charge in [-0.3, -0.25) is 0 Å². The Morgan fingerprint density at radius 2 is 1.67 bits per heavy atom. The van der Waals surface area contributed by atoms with Crippen molar-refractivity contribution in [3.63, 3.8) is 0 Å². The van der Waals surface area contributed by atoms with Gasteiger partial charge >= 0.3 is 8.56 Å². The summed E-state index contributed by atoms with van der Waals surface area (Å²) in [6.45, 7) is 12.3. The van der Waals surface area contributed by atoms with Crippen LogP contribution in [0, 0.1) is 12.3 Å². The van der Waals surface area contributed by atoms with Gasteiger partial charge < -0.3 is 8.85 Å². The predicted octanol–water partition coefficient (Wildman–Crippen LogP) is 3.77. The summed E-state index contributed by atoms with van der Waals surface area (Å²) in [4.78, 5) is 0. The first-order valence-corrected chi connectivity index (χ1v) is 8.67. The topological polar surface area (TPSA) is 18.5 Å². The van der Waals surface area contributed by atoms with Gasteiger partial charge in [0.05, 0.1) is 0 Å². The van der Waals surface area contributed by atoms with Crippen LogP contribution in [0.15, 0.2) is 0 Å². The van der Waals surface area contributed by atoms with Crippen LogP contribution in [0.25, 0.3) is 0 Å². The van der Waals surface area contributed by atoms with Crippen LogP contribution < -0.4 is 0 Å². The van der Waals surface area contributed by atoms with Crippen LogP contribution in [0.3, 0.4) is 0 Å². The average Bonchev–Trinajstić information content (AvgIpc) is 2.13. The Labute approximate surface area is 96.6 Å². The minimum absolute atomic E-state index is 0.692. The van der Waals surface area contributed by atoms with E-state index in [1.807, 2.05) is 13.8 Å². The first kappa shape index (κ1) is 15.1. The van der Waals surface area contributed by atoms with Crippen LogP contribution in [0.2, 0.25) is 12.6 Å². The van der Waals surface area contributed by atoms with Gasteiger partial charge in [0.25, 0.3) is 0 Å². The van der Waals surface area contributed by atoms with Gasteiger partial charge in [-0.05, 0) is 38.8 Å². The van der Waals surface area contributed by atoms with Crippen molar-refractivity contribution in [2.24, 2.45) is 5.92 Å². The third kappa shape index (κ3) is 8.00. The molecule has 0 bridgehead atoms. The number of rotatable bonds is 9. The monoisotopic (exact) mass is 231 g/mol. The maximum atomic E-state index is 5.78. The van der Waals surface area contributed by atoms with Crippen molar-refractivity contribution in [2.45, 2.75) is 53.1 Å². The fourth-order valence-corrected chi connectivity index (χ4v) is 4.11. The van der Waals surface area contributed by atoms with Crippen molar-refractivity contribution in [1.82, 2.24) is 0 Å². The second-order valence-corrected chi connectivity index (χ2v) is 7.72. The fraction of sp³-hybridized carbons (Fsp3) is 0.917. The minimum atomic E-state index is -1.84. The van der Waals surface area contributed by atoms with Crippen LogP contribution in [0.4, 0.5) is 0 Å². The van der Waals surface area contributed by atoms with Crippen LogP contribution in [-0.2, 0) is 8.85 Å². The lowest BCUT2D eigenvalue weighted by atomic mass is 10.1. The van der Waals surface area contributed by atoms with E-state index in [1.165, 1.54) is 12.8 Å². The Hall–Kier alpha value is 0.137. The van der Waals surface area contributed by atoms with Gasteiger partial charge in [0, 0.05) is 13.2 Å². The molecule has 0 aromatic carbocycles. The summed E-state index contributed by atoms with van der Waals surface area (Å²) < 4.78 is 11.6. The fourth-order valence-electron chi connectivity index (χ4n) is 1.67. The molecule has 3 heteroatoms. The molecular weight excluding hydrogens is 204 g/mol. The Balaban J connectivity index is 3.75. The predicted molar refractivity (Wildman–Crippen MR) is 68.0 cm³/mol. The molecule has 0 aromatic rings. The highest BCUT2D eigenvalue weighted by atomic mass is 28.4. The van der Waals surface area contributed by atoms with E-state index in [1.54, 1.807) is 0 Å². The lowest BCUT2D eigenvalue weighted by Crippen LogP contribution is -2.38. The van der Waals surface area contributed by atoms with E-state index < -0.39 is 8.56 Å². The van der Waals surface area contributed by atoms with E-state index in [9.17, 15) is 0 Å². The third-order valence-corrected chi connectivity index (χ3v) is 5.43. The molecular formula is C12H27O2Si. The quantitative estimate of drug-likeness (QED) is 0.444. The molecule has 0 saturated heterocycles. The Bertz CT molecular complexity index is 143. The first-order chi connectivity index (χ1) is 7.04. The lowest BCUT2D eigenvalue weighted by Gasteiger charge is -2.25. The molecule has 0 fully saturated rings. The summed E-state index contributed by atoms with van der Waals surface area (Å²) in [5.41, 5.74) is 0. The standard InChI is InChI=1S/C12H27O2Si/c1-6-13-15(5,14-7-2)11-9-8-10-12(3)4/h10,12H,6-9,11H2,1-5H3. The zero-order chi connectivity index (χ0) is 11.7. The Kier molecular flexibility index (Phi) is 8.38. The van der Waals surface area contributed by atoms with Gasteiger partial charge in [0.2, 0.25) is 0 Å². The summed E-state index contributed by atoms with van der Waals surface area (Å²) in [5, 5.41) is 0. The second kappa shape index (κ2) is 8.31. The largest absolute Gasteiger partial charge is 0.395 e. The van der Waals surface area contributed by atoms with E-state index in [0.717, 1.165) is 19.3 Å². The van der Waals surface area contributed by atoms with Crippen LogP contribution in [-0.4, -0.2) is 21.8 Å². The highest BCUT2D eigenvalue weighted by Crippen LogP contribution is 2.18. The summed E-state index contributed by atoms with van der Waals surface area (Å²) >= 11 is 0. The molecule has 0 N–H and O–H groups in total. The van der Waals surface area contributed by atoms with Gasteiger partial charge in [-0.25, -0.2) is 0 Å². The van der Waals surface area contributed by atoms with Crippen LogP contribution in [0.1, 0.15) is 40.5 Å². The van der Waals surface area contributed by atoms with Crippen molar-refractivity contribution in [2.75, 3.05) is 13.2 Å². The molecule has 91 valence electrons. The van der Waals surface area contributed by atoms with Crippen LogP contribution in [0.5, 0.6) is 0 Å². The molecule has 0 aliphatic carbocycles. The van der Waals surface area contributed by atoms with Gasteiger partial charge in [0.15, 0.2) is 0 Å². The summed E-state index contributed by atoms with van der Waals surface area (Å²) in [5.74, 6) is 0.692. The molecule has 0 spiro atoms. The zero-order valence-electron chi connectivity index (χ0n) is 11.0. The maximum Gasteiger partial charge on any atom is 0.334 e. The summed E-state index contributed by atoms with van der Waals surface area (Å²) in [6.07, 6.45) is 4.74. The number of hydrogen-bond acceptors (Lipinski definition) is 2. The normalized spacial score (nSPS) is 12.4. The highest BCUT2D eigenvalue weighted by molar-refractivity contribution is 6.66. The lowest BCUT2D eigenvalue weighted by molar-refractivity contribution is 0.188. The first-order valence-electron chi connectivity index (χ1n) is 6.15. The molecule has 0 aromatic heterocycles. The van der Waals surface area contributed by atoms with E-state index in [2.05, 4.69) is 26.8 Å². The van der Waals surface area contributed by atoms with E-state index >= 15 is 0 Å². The molecule has 0 amide bonds. The van der Waals surface area contributed by atoms with E-state index in [4.69, 9.17) is 8.85 Å². The molecule has 0 rings (SSSR count). The molecule has 2 nitrogen and oxygen atoms in total. The molecule has 1 radical (unpaired) electrons. The van der Waals surface area contributed by atoms with E-state index in [-0.39, 0.29) is 0 Å². The van der Waals surface area contributed by atoms with Crippen molar-refractivity contribution in [1.29, 1.82) is 0 Å². The molecule has 0 aliphatic rings. The van der Waals surface area contributed by atoms with Gasteiger partial charge in [0.1, 0.15) is 0 Å². The van der Waals surface area contributed by atoms with Crippen molar-refractivity contribution in [3.05, 3.63) is 6.42 Å². The Morgan fingerprint density at radius 1 is 1.13 bits per heavy atom. The SMILES string of the molecule is CCO[Si](C)(CCC[CH]C(C)C)OCC.